The van der Waals surface area contributed by atoms with Crippen molar-refractivity contribution in [3.8, 4) is 0 Å². The van der Waals surface area contributed by atoms with Gasteiger partial charge in [0.15, 0.2) is 29.1 Å². The number of halogens is 4. The maximum absolute atomic E-state index is 14.1. The fourth-order valence-corrected chi connectivity index (χ4v) is 3.09. The maximum atomic E-state index is 14.1. The molecule has 0 atom stereocenters. The number of carbonyl (C=O) groups is 1. The monoisotopic (exact) mass is 361 g/mol. The summed E-state index contributed by atoms with van der Waals surface area (Å²) in [7, 11) is -2.81. The number of rotatable bonds is 4. The average molecular weight is 361 g/mol. The van der Waals surface area contributed by atoms with E-state index in [9.17, 15) is 30.8 Å². The number of hydrogen-bond donors (Lipinski definition) is 0. The van der Waals surface area contributed by atoms with Crippen molar-refractivity contribution in [3.05, 3.63) is 64.7 Å². The molecule has 0 aliphatic heterocycles. The standard InChI is InChI=1S/C15H11F4NO3S/c1-20(2)24(22,23)15-9(10(16)11(17)12(18)13(15)19)14(21)8-6-4-3-5-7-8/h3-7H,1-2H3. The van der Waals surface area contributed by atoms with Gasteiger partial charge in [-0.05, 0) is 0 Å². The van der Waals surface area contributed by atoms with Gasteiger partial charge in [-0.3, -0.25) is 4.79 Å². The first-order chi connectivity index (χ1) is 11.1. The summed E-state index contributed by atoms with van der Waals surface area (Å²) in [6.45, 7) is 0. The molecule has 0 aromatic heterocycles. The summed E-state index contributed by atoms with van der Waals surface area (Å²) in [6.07, 6.45) is 0. The van der Waals surface area contributed by atoms with E-state index in [-0.39, 0.29) is 5.56 Å². The molecule has 0 fully saturated rings. The second-order valence-corrected chi connectivity index (χ2v) is 7.03. The van der Waals surface area contributed by atoms with Gasteiger partial charge in [-0.2, -0.15) is 0 Å². The Labute approximate surface area is 135 Å². The van der Waals surface area contributed by atoms with Gasteiger partial charge in [-0.15, -0.1) is 0 Å². The third-order valence-corrected chi connectivity index (χ3v) is 5.09. The van der Waals surface area contributed by atoms with Gasteiger partial charge < -0.3 is 0 Å². The summed E-state index contributed by atoms with van der Waals surface area (Å²) in [5.74, 6) is -10.1. The van der Waals surface area contributed by atoms with Crippen LogP contribution < -0.4 is 0 Å². The predicted octanol–water partition coefficient (Wildman–Crippen LogP) is 2.72. The number of benzene rings is 2. The quantitative estimate of drug-likeness (QED) is 0.364. The Kier molecular flexibility index (Phi) is 4.77. The Bertz CT molecular complexity index is 912. The van der Waals surface area contributed by atoms with E-state index in [1.54, 1.807) is 0 Å². The minimum Gasteiger partial charge on any atom is -0.288 e. The van der Waals surface area contributed by atoms with Crippen molar-refractivity contribution in [2.75, 3.05) is 14.1 Å². The van der Waals surface area contributed by atoms with Gasteiger partial charge in [0.1, 0.15) is 4.90 Å². The van der Waals surface area contributed by atoms with Gasteiger partial charge in [-0.25, -0.2) is 30.3 Å². The highest BCUT2D eigenvalue weighted by molar-refractivity contribution is 7.89. The lowest BCUT2D eigenvalue weighted by molar-refractivity contribution is 0.102. The minimum absolute atomic E-state index is 0.211. The average Bonchev–Trinajstić information content (AvgIpc) is 2.55. The maximum Gasteiger partial charge on any atom is 0.246 e. The van der Waals surface area contributed by atoms with Crippen molar-refractivity contribution >= 4 is 15.8 Å². The Morgan fingerprint density at radius 2 is 1.38 bits per heavy atom. The van der Waals surface area contributed by atoms with E-state index in [2.05, 4.69) is 0 Å². The van der Waals surface area contributed by atoms with E-state index >= 15 is 0 Å². The van der Waals surface area contributed by atoms with E-state index in [1.807, 2.05) is 0 Å². The molecule has 0 aliphatic carbocycles. The van der Waals surface area contributed by atoms with Gasteiger partial charge >= 0.3 is 0 Å². The van der Waals surface area contributed by atoms with Gasteiger partial charge in [-0.1, -0.05) is 30.3 Å². The zero-order valence-corrected chi connectivity index (χ0v) is 13.3. The first-order valence-electron chi connectivity index (χ1n) is 6.49. The van der Waals surface area contributed by atoms with Crippen LogP contribution in [0.5, 0.6) is 0 Å². The highest BCUT2D eigenvalue weighted by atomic mass is 32.2. The molecule has 0 radical (unpaired) electrons. The van der Waals surface area contributed by atoms with Crippen LogP contribution in [0.4, 0.5) is 17.6 Å². The molecule has 0 saturated heterocycles. The number of hydrogen-bond acceptors (Lipinski definition) is 3. The minimum atomic E-state index is -4.76. The number of nitrogens with zero attached hydrogens (tertiary/aromatic N) is 1. The highest BCUT2D eigenvalue weighted by Crippen LogP contribution is 2.31. The Balaban J connectivity index is 2.92. The second-order valence-electron chi connectivity index (χ2n) is 4.94. The smallest absolute Gasteiger partial charge is 0.246 e. The van der Waals surface area contributed by atoms with Crippen LogP contribution in [-0.4, -0.2) is 32.6 Å². The van der Waals surface area contributed by atoms with E-state index in [0.29, 0.717) is 4.31 Å². The SMILES string of the molecule is CN(C)S(=O)(=O)c1c(F)c(F)c(F)c(F)c1C(=O)c1ccccc1. The molecule has 0 N–H and O–H groups in total. The van der Waals surface area contributed by atoms with Crippen LogP contribution in [0.3, 0.4) is 0 Å². The molecule has 24 heavy (non-hydrogen) atoms. The van der Waals surface area contributed by atoms with Crippen LogP contribution in [0.15, 0.2) is 35.2 Å². The summed E-state index contributed by atoms with van der Waals surface area (Å²) >= 11 is 0. The molecule has 0 aliphatic rings. The summed E-state index contributed by atoms with van der Waals surface area (Å²) in [5, 5.41) is 0. The topological polar surface area (TPSA) is 54.5 Å². The number of sulfonamides is 1. The first-order valence-corrected chi connectivity index (χ1v) is 7.93. The molecule has 4 nitrogen and oxygen atoms in total. The van der Waals surface area contributed by atoms with Crippen LogP contribution in [-0.2, 0) is 10.0 Å². The molecule has 0 unspecified atom stereocenters. The van der Waals surface area contributed by atoms with Gasteiger partial charge in [0, 0.05) is 19.7 Å². The summed E-state index contributed by atoms with van der Waals surface area (Å²) in [4.78, 5) is 10.9. The molecule has 128 valence electrons. The zero-order valence-electron chi connectivity index (χ0n) is 12.5. The Morgan fingerprint density at radius 1 is 0.875 bits per heavy atom. The van der Waals surface area contributed by atoms with E-state index in [4.69, 9.17) is 0 Å². The summed E-state index contributed by atoms with van der Waals surface area (Å²) in [5.41, 5.74) is -1.59. The Morgan fingerprint density at radius 3 is 1.88 bits per heavy atom. The molecule has 9 heteroatoms. The molecule has 0 amide bonds. The van der Waals surface area contributed by atoms with Crippen molar-refractivity contribution in [2.24, 2.45) is 0 Å². The van der Waals surface area contributed by atoms with Crippen molar-refractivity contribution in [3.63, 3.8) is 0 Å². The third kappa shape index (κ3) is 2.80. The molecule has 0 bridgehead atoms. The normalized spacial score (nSPS) is 11.8. The van der Waals surface area contributed by atoms with Gasteiger partial charge in [0.25, 0.3) is 0 Å². The van der Waals surface area contributed by atoms with Crippen LogP contribution in [0, 0.1) is 23.3 Å². The molecule has 0 spiro atoms. The van der Waals surface area contributed by atoms with Crippen molar-refractivity contribution in [1.82, 2.24) is 4.31 Å². The lowest BCUT2D eigenvalue weighted by Gasteiger charge is -2.17. The van der Waals surface area contributed by atoms with Crippen molar-refractivity contribution in [1.29, 1.82) is 0 Å². The number of carbonyl (C=O) groups excluding carboxylic acids is 1. The number of ketones is 1. The lowest BCUT2D eigenvalue weighted by atomic mass is 10.0. The van der Waals surface area contributed by atoms with Crippen LogP contribution >= 0.6 is 0 Å². The summed E-state index contributed by atoms with van der Waals surface area (Å²) in [6, 6.07) is 6.71. The summed E-state index contributed by atoms with van der Waals surface area (Å²) < 4.78 is 80.2. The van der Waals surface area contributed by atoms with Gasteiger partial charge in [0.05, 0.1) is 5.56 Å². The Hall–Kier alpha value is -2.26. The first kappa shape index (κ1) is 18.1. The van der Waals surface area contributed by atoms with Crippen LogP contribution in [0.25, 0.3) is 0 Å². The van der Waals surface area contributed by atoms with Crippen molar-refractivity contribution in [2.45, 2.75) is 4.90 Å². The largest absolute Gasteiger partial charge is 0.288 e. The van der Waals surface area contributed by atoms with E-state index in [1.165, 1.54) is 30.3 Å². The molecular weight excluding hydrogens is 350 g/mol. The molecular formula is C15H11F4NO3S. The van der Waals surface area contributed by atoms with Crippen molar-refractivity contribution < 1.29 is 30.8 Å². The second kappa shape index (κ2) is 6.33. The lowest BCUT2D eigenvalue weighted by Crippen LogP contribution is -2.27. The molecule has 0 saturated carbocycles. The highest BCUT2D eigenvalue weighted by Gasteiger charge is 2.37. The molecule has 2 rings (SSSR count). The van der Waals surface area contributed by atoms with Gasteiger partial charge in [0.2, 0.25) is 10.0 Å². The molecule has 2 aromatic rings. The molecule has 0 heterocycles. The fourth-order valence-electron chi connectivity index (χ4n) is 1.97. The molecule has 2 aromatic carbocycles. The fraction of sp³-hybridized carbons (Fsp3) is 0.133. The van der Waals surface area contributed by atoms with E-state index < -0.39 is 49.5 Å². The predicted molar refractivity (Wildman–Crippen MR) is 77.0 cm³/mol. The van der Waals surface area contributed by atoms with Crippen LogP contribution in [0.2, 0.25) is 0 Å². The zero-order chi connectivity index (χ0) is 18.2. The van der Waals surface area contributed by atoms with E-state index in [0.717, 1.165) is 14.1 Å². The third-order valence-electron chi connectivity index (χ3n) is 3.23. The van der Waals surface area contributed by atoms with Crippen LogP contribution in [0.1, 0.15) is 15.9 Å².